The summed E-state index contributed by atoms with van der Waals surface area (Å²) >= 11 is 0. The molecule has 7 nitrogen and oxygen atoms in total. The van der Waals surface area contributed by atoms with Crippen LogP contribution in [-0.4, -0.2) is 49.9 Å². The lowest BCUT2D eigenvalue weighted by molar-refractivity contribution is 0.175. The summed E-state index contributed by atoms with van der Waals surface area (Å²) in [7, 11) is 1.89. The third-order valence-electron chi connectivity index (χ3n) is 5.96. The smallest absolute Gasteiger partial charge is 0.317 e. The predicted octanol–water partition coefficient (Wildman–Crippen LogP) is 1.75. The third-order valence-corrected chi connectivity index (χ3v) is 5.96. The van der Waals surface area contributed by atoms with Crippen LogP contribution < -0.4 is 5.32 Å². The summed E-state index contributed by atoms with van der Waals surface area (Å²) in [5, 5.41) is 20.8. The maximum absolute atomic E-state index is 12.7. The van der Waals surface area contributed by atoms with Crippen LogP contribution in [0.3, 0.4) is 0 Å². The highest BCUT2D eigenvalue weighted by molar-refractivity contribution is 5.74. The molecule has 27 heavy (non-hydrogen) atoms. The van der Waals surface area contributed by atoms with E-state index >= 15 is 0 Å². The summed E-state index contributed by atoms with van der Waals surface area (Å²) in [6, 6.07) is 8.78. The molecule has 1 aliphatic heterocycles. The number of aromatic nitrogens is 3. The van der Waals surface area contributed by atoms with E-state index in [1.54, 1.807) is 0 Å². The number of hydrogen-bond donors (Lipinski definition) is 2. The molecule has 0 saturated carbocycles. The van der Waals surface area contributed by atoms with Gasteiger partial charge in [-0.15, -0.1) is 10.2 Å². The maximum Gasteiger partial charge on any atom is 0.317 e. The van der Waals surface area contributed by atoms with E-state index in [-0.39, 0.29) is 24.6 Å². The normalized spacial score (nSPS) is 20.4. The predicted molar refractivity (Wildman–Crippen MR) is 101 cm³/mol. The van der Waals surface area contributed by atoms with Crippen molar-refractivity contribution in [2.24, 2.45) is 7.05 Å². The van der Waals surface area contributed by atoms with Gasteiger partial charge in [-0.3, -0.25) is 0 Å². The van der Waals surface area contributed by atoms with Gasteiger partial charge in [-0.25, -0.2) is 4.79 Å². The van der Waals surface area contributed by atoms with Crippen molar-refractivity contribution in [3.05, 3.63) is 47.0 Å². The minimum atomic E-state index is -0.102. The standard InChI is InChI=1S/C20H27N5O2/c1-24-18(13-26)22-23-19(24)15-8-10-25(11-9-15)20(27)21-17-7-6-14-4-2-3-5-16(14)12-17/h2-5,15,17,26H,6-13H2,1H3,(H,21,27)/t17-/m1/s1. The van der Waals surface area contributed by atoms with E-state index in [1.165, 1.54) is 11.1 Å². The zero-order valence-electron chi connectivity index (χ0n) is 15.8. The van der Waals surface area contributed by atoms with Gasteiger partial charge >= 0.3 is 6.03 Å². The summed E-state index contributed by atoms with van der Waals surface area (Å²) in [6.07, 6.45) is 4.70. The van der Waals surface area contributed by atoms with Crippen molar-refractivity contribution in [1.29, 1.82) is 0 Å². The van der Waals surface area contributed by atoms with Crippen LogP contribution in [0.15, 0.2) is 24.3 Å². The average molecular weight is 369 g/mol. The Morgan fingerprint density at radius 1 is 1.19 bits per heavy atom. The summed E-state index contributed by atoms with van der Waals surface area (Å²) in [5.74, 6) is 1.78. The average Bonchev–Trinajstić information content (AvgIpc) is 3.08. The molecule has 2 aromatic rings. The van der Waals surface area contributed by atoms with Crippen molar-refractivity contribution in [3.63, 3.8) is 0 Å². The Kier molecular flexibility index (Phi) is 5.11. The molecule has 1 aromatic heterocycles. The second-order valence-electron chi connectivity index (χ2n) is 7.61. The van der Waals surface area contributed by atoms with Gasteiger partial charge in [0.05, 0.1) is 0 Å². The number of urea groups is 1. The molecule has 0 spiro atoms. The second kappa shape index (κ2) is 7.68. The summed E-state index contributed by atoms with van der Waals surface area (Å²) in [5.41, 5.74) is 2.77. The number of rotatable bonds is 3. The number of hydrogen-bond acceptors (Lipinski definition) is 4. The topological polar surface area (TPSA) is 83.3 Å². The van der Waals surface area contributed by atoms with Gasteiger partial charge in [0.1, 0.15) is 12.4 Å². The van der Waals surface area contributed by atoms with Gasteiger partial charge in [-0.1, -0.05) is 24.3 Å². The molecule has 0 unspecified atom stereocenters. The molecule has 1 aromatic carbocycles. The Morgan fingerprint density at radius 2 is 1.93 bits per heavy atom. The van der Waals surface area contributed by atoms with Crippen LogP contribution in [0.25, 0.3) is 0 Å². The lowest BCUT2D eigenvalue weighted by Crippen LogP contribution is -2.49. The van der Waals surface area contributed by atoms with Gasteiger partial charge in [-0.05, 0) is 43.2 Å². The first-order chi connectivity index (χ1) is 13.2. The van der Waals surface area contributed by atoms with E-state index in [2.05, 4.69) is 39.8 Å². The molecule has 1 aliphatic carbocycles. The van der Waals surface area contributed by atoms with Crippen LogP contribution in [0.1, 0.15) is 48.0 Å². The van der Waals surface area contributed by atoms with Gasteiger partial charge in [0.15, 0.2) is 5.82 Å². The molecule has 1 atom stereocenters. The van der Waals surface area contributed by atoms with Crippen LogP contribution in [0.2, 0.25) is 0 Å². The number of carbonyl (C=O) groups is 1. The van der Waals surface area contributed by atoms with Gasteiger partial charge in [0.25, 0.3) is 0 Å². The van der Waals surface area contributed by atoms with E-state index in [0.29, 0.717) is 5.82 Å². The molecular formula is C20H27N5O2. The van der Waals surface area contributed by atoms with Crippen molar-refractivity contribution in [1.82, 2.24) is 25.0 Å². The van der Waals surface area contributed by atoms with E-state index < -0.39 is 0 Å². The fourth-order valence-corrected chi connectivity index (χ4v) is 4.30. The Bertz CT molecular complexity index is 810. The van der Waals surface area contributed by atoms with E-state index in [0.717, 1.165) is 51.0 Å². The Balaban J connectivity index is 1.31. The molecule has 144 valence electrons. The third kappa shape index (κ3) is 3.69. The molecule has 4 rings (SSSR count). The molecule has 1 saturated heterocycles. The van der Waals surface area contributed by atoms with Crippen LogP contribution in [0, 0.1) is 0 Å². The minimum Gasteiger partial charge on any atom is -0.388 e. The Labute approximate surface area is 159 Å². The number of nitrogens with one attached hydrogen (secondary N) is 1. The first-order valence-corrected chi connectivity index (χ1v) is 9.77. The van der Waals surface area contributed by atoms with E-state index in [4.69, 9.17) is 0 Å². The first kappa shape index (κ1) is 18.0. The number of piperidine rings is 1. The van der Waals surface area contributed by atoms with Crippen molar-refractivity contribution in [2.45, 2.75) is 50.7 Å². The lowest BCUT2D eigenvalue weighted by Gasteiger charge is -2.34. The zero-order chi connectivity index (χ0) is 18.8. The molecule has 0 bridgehead atoms. The molecule has 2 heterocycles. The fraction of sp³-hybridized carbons (Fsp3) is 0.550. The largest absolute Gasteiger partial charge is 0.388 e. The van der Waals surface area contributed by atoms with Crippen molar-refractivity contribution in [3.8, 4) is 0 Å². The van der Waals surface area contributed by atoms with Crippen molar-refractivity contribution < 1.29 is 9.90 Å². The highest BCUT2D eigenvalue weighted by Gasteiger charge is 2.29. The maximum atomic E-state index is 12.7. The molecule has 7 heteroatoms. The monoisotopic (exact) mass is 369 g/mol. The number of amides is 2. The first-order valence-electron chi connectivity index (χ1n) is 9.77. The molecule has 1 fully saturated rings. The number of aliphatic hydroxyl groups excluding tert-OH is 1. The number of nitrogens with zero attached hydrogens (tertiary/aromatic N) is 4. The number of aryl methyl sites for hydroxylation is 1. The molecule has 2 aliphatic rings. The van der Waals surface area contributed by atoms with Crippen LogP contribution in [-0.2, 0) is 26.5 Å². The second-order valence-corrected chi connectivity index (χ2v) is 7.61. The SMILES string of the molecule is Cn1c(CO)nnc1C1CCN(C(=O)N[C@@H]2CCc3ccccc3C2)CC1. The number of benzene rings is 1. The summed E-state index contributed by atoms with van der Waals surface area (Å²) in [4.78, 5) is 14.6. The Hall–Kier alpha value is -2.41. The number of carbonyl (C=O) groups excluding carboxylic acids is 1. The molecule has 2 amide bonds. The van der Waals surface area contributed by atoms with Gasteiger partial charge in [-0.2, -0.15) is 0 Å². The fourth-order valence-electron chi connectivity index (χ4n) is 4.30. The van der Waals surface area contributed by atoms with Gasteiger partial charge in [0.2, 0.25) is 0 Å². The van der Waals surface area contributed by atoms with Crippen molar-refractivity contribution >= 4 is 6.03 Å². The van der Waals surface area contributed by atoms with Crippen LogP contribution >= 0.6 is 0 Å². The van der Waals surface area contributed by atoms with E-state index in [9.17, 15) is 9.90 Å². The Morgan fingerprint density at radius 3 is 2.63 bits per heavy atom. The number of fused-ring (bicyclic) bond motifs is 1. The van der Waals surface area contributed by atoms with Crippen LogP contribution in [0.4, 0.5) is 4.79 Å². The van der Waals surface area contributed by atoms with Gasteiger partial charge in [0, 0.05) is 32.1 Å². The molecular weight excluding hydrogens is 342 g/mol. The van der Waals surface area contributed by atoms with E-state index in [1.807, 2.05) is 16.5 Å². The van der Waals surface area contributed by atoms with Gasteiger partial charge < -0.3 is 19.9 Å². The zero-order valence-corrected chi connectivity index (χ0v) is 15.8. The molecule has 2 N–H and O–H groups in total. The van der Waals surface area contributed by atoms with Crippen LogP contribution in [0.5, 0.6) is 0 Å². The number of likely N-dealkylation sites (tertiary alicyclic amines) is 1. The lowest BCUT2D eigenvalue weighted by atomic mass is 9.88. The highest BCUT2D eigenvalue weighted by Crippen LogP contribution is 2.27. The van der Waals surface area contributed by atoms with Crippen molar-refractivity contribution in [2.75, 3.05) is 13.1 Å². The minimum absolute atomic E-state index is 0.0480. The quantitative estimate of drug-likeness (QED) is 0.863. The highest BCUT2D eigenvalue weighted by atomic mass is 16.3. The molecule has 0 radical (unpaired) electrons. The summed E-state index contributed by atoms with van der Waals surface area (Å²) < 4.78 is 1.87. The summed E-state index contributed by atoms with van der Waals surface area (Å²) in [6.45, 7) is 1.34. The number of aliphatic hydroxyl groups is 1.